The van der Waals surface area contributed by atoms with Crippen LogP contribution in [0.15, 0.2) is 34.9 Å². The smallest absolute Gasteiger partial charge is 0.279 e. The minimum Gasteiger partial charge on any atom is -0.494 e. The SMILES string of the molecule is CCCCOc1ccc(-c2cc(C(=O)Nc3nnc(C(C)C)s3)no2)cc1. The van der Waals surface area contributed by atoms with Gasteiger partial charge in [0.15, 0.2) is 11.5 Å². The molecule has 1 amide bonds. The summed E-state index contributed by atoms with van der Waals surface area (Å²) in [7, 11) is 0. The molecular formula is C19H22N4O3S. The molecule has 0 atom stereocenters. The summed E-state index contributed by atoms with van der Waals surface area (Å²) >= 11 is 1.35. The van der Waals surface area contributed by atoms with Gasteiger partial charge in [0.2, 0.25) is 5.13 Å². The third kappa shape index (κ3) is 4.91. The van der Waals surface area contributed by atoms with Crippen molar-refractivity contribution in [1.82, 2.24) is 15.4 Å². The summed E-state index contributed by atoms with van der Waals surface area (Å²) in [5.74, 6) is 1.21. The number of amides is 1. The van der Waals surface area contributed by atoms with E-state index in [0.717, 1.165) is 29.2 Å². The lowest BCUT2D eigenvalue weighted by Gasteiger charge is -2.05. The first-order valence-electron chi connectivity index (χ1n) is 8.91. The highest BCUT2D eigenvalue weighted by atomic mass is 32.1. The molecule has 0 radical (unpaired) electrons. The van der Waals surface area contributed by atoms with Crippen molar-refractivity contribution >= 4 is 22.4 Å². The van der Waals surface area contributed by atoms with Crippen LogP contribution in [0.4, 0.5) is 5.13 Å². The van der Waals surface area contributed by atoms with Crippen LogP contribution in [0.2, 0.25) is 0 Å². The van der Waals surface area contributed by atoms with Crippen molar-refractivity contribution in [2.75, 3.05) is 11.9 Å². The quantitative estimate of drug-likeness (QED) is 0.562. The molecule has 0 aliphatic rings. The molecule has 0 aliphatic carbocycles. The lowest BCUT2D eigenvalue weighted by molar-refractivity contribution is 0.101. The van der Waals surface area contributed by atoms with Crippen molar-refractivity contribution in [3.8, 4) is 17.1 Å². The van der Waals surface area contributed by atoms with Crippen LogP contribution >= 0.6 is 11.3 Å². The first-order chi connectivity index (χ1) is 13.1. The fraction of sp³-hybridized carbons (Fsp3) is 0.368. The number of hydrogen-bond donors (Lipinski definition) is 1. The highest BCUT2D eigenvalue weighted by Crippen LogP contribution is 2.25. The van der Waals surface area contributed by atoms with E-state index in [-0.39, 0.29) is 17.5 Å². The molecule has 3 aromatic rings. The van der Waals surface area contributed by atoms with Crippen molar-refractivity contribution in [2.24, 2.45) is 0 Å². The van der Waals surface area contributed by atoms with Gasteiger partial charge in [0, 0.05) is 17.5 Å². The molecule has 7 nitrogen and oxygen atoms in total. The lowest BCUT2D eigenvalue weighted by Crippen LogP contribution is -2.11. The summed E-state index contributed by atoms with van der Waals surface area (Å²) in [5, 5.41) is 15.9. The van der Waals surface area contributed by atoms with Gasteiger partial charge < -0.3 is 9.26 Å². The van der Waals surface area contributed by atoms with E-state index >= 15 is 0 Å². The summed E-state index contributed by atoms with van der Waals surface area (Å²) in [6.07, 6.45) is 2.12. The summed E-state index contributed by atoms with van der Waals surface area (Å²) in [5.41, 5.74) is 1.01. The molecule has 0 unspecified atom stereocenters. The zero-order chi connectivity index (χ0) is 19.2. The standard InChI is InChI=1S/C19H22N4O3S/c1-4-5-10-25-14-8-6-13(7-9-14)16-11-15(23-26-16)17(24)20-19-22-21-18(27-19)12(2)3/h6-9,11-12H,4-5,10H2,1-3H3,(H,20,22,24). The van der Waals surface area contributed by atoms with Crippen LogP contribution in [0.25, 0.3) is 11.3 Å². The summed E-state index contributed by atoms with van der Waals surface area (Å²) in [4.78, 5) is 12.3. The van der Waals surface area contributed by atoms with Gasteiger partial charge in [-0.1, -0.05) is 43.7 Å². The van der Waals surface area contributed by atoms with Gasteiger partial charge in [0.25, 0.3) is 5.91 Å². The minimum atomic E-state index is -0.379. The number of nitrogens with zero attached hydrogens (tertiary/aromatic N) is 3. The molecule has 0 aliphatic heterocycles. The molecular weight excluding hydrogens is 364 g/mol. The molecule has 0 saturated carbocycles. The van der Waals surface area contributed by atoms with Crippen molar-refractivity contribution < 1.29 is 14.1 Å². The maximum Gasteiger partial charge on any atom is 0.279 e. The van der Waals surface area contributed by atoms with Gasteiger partial charge in [-0.15, -0.1) is 10.2 Å². The van der Waals surface area contributed by atoms with E-state index in [1.165, 1.54) is 11.3 Å². The van der Waals surface area contributed by atoms with E-state index in [2.05, 4.69) is 27.6 Å². The Bertz CT molecular complexity index is 887. The highest BCUT2D eigenvalue weighted by molar-refractivity contribution is 7.15. The second kappa shape index (κ2) is 8.77. The van der Waals surface area contributed by atoms with E-state index in [1.54, 1.807) is 6.07 Å². The Hall–Kier alpha value is -2.74. The molecule has 1 N–H and O–H groups in total. The van der Waals surface area contributed by atoms with Crippen molar-refractivity contribution in [3.63, 3.8) is 0 Å². The van der Waals surface area contributed by atoms with E-state index in [0.29, 0.717) is 17.5 Å². The van der Waals surface area contributed by atoms with Gasteiger partial charge in [0.1, 0.15) is 10.8 Å². The van der Waals surface area contributed by atoms with Crippen molar-refractivity contribution in [3.05, 3.63) is 41.0 Å². The number of anilines is 1. The van der Waals surface area contributed by atoms with Crippen LogP contribution < -0.4 is 10.1 Å². The van der Waals surface area contributed by atoms with E-state index in [9.17, 15) is 4.79 Å². The third-order valence-electron chi connectivity index (χ3n) is 3.80. The maximum atomic E-state index is 12.3. The van der Waals surface area contributed by atoms with Gasteiger partial charge >= 0.3 is 0 Å². The molecule has 0 spiro atoms. The van der Waals surface area contributed by atoms with Crippen LogP contribution in [-0.2, 0) is 0 Å². The Morgan fingerprint density at radius 2 is 2.04 bits per heavy atom. The first kappa shape index (κ1) is 19.0. The van der Waals surface area contributed by atoms with E-state index in [1.807, 2.05) is 38.1 Å². The Morgan fingerprint density at radius 1 is 1.26 bits per heavy atom. The lowest BCUT2D eigenvalue weighted by atomic mass is 10.1. The summed E-state index contributed by atoms with van der Waals surface area (Å²) in [6.45, 7) is 6.87. The number of unbranched alkanes of at least 4 members (excludes halogenated alkanes) is 1. The van der Waals surface area contributed by atoms with Gasteiger partial charge in [-0.2, -0.15) is 0 Å². The molecule has 142 valence electrons. The Balaban J connectivity index is 1.64. The third-order valence-corrected chi connectivity index (χ3v) is 4.94. The topological polar surface area (TPSA) is 90.1 Å². The number of ether oxygens (including phenoxy) is 1. The van der Waals surface area contributed by atoms with Gasteiger partial charge in [-0.3, -0.25) is 10.1 Å². The molecule has 2 heterocycles. The van der Waals surface area contributed by atoms with Gasteiger partial charge in [-0.25, -0.2) is 0 Å². The average molecular weight is 386 g/mol. The Labute approximate surface area is 161 Å². The van der Waals surface area contributed by atoms with Crippen LogP contribution in [0.1, 0.15) is 55.0 Å². The fourth-order valence-corrected chi connectivity index (χ4v) is 2.99. The molecule has 0 saturated heterocycles. The zero-order valence-corrected chi connectivity index (χ0v) is 16.4. The number of aromatic nitrogens is 3. The van der Waals surface area contributed by atoms with Crippen LogP contribution in [0.5, 0.6) is 5.75 Å². The molecule has 2 aromatic heterocycles. The first-order valence-corrected chi connectivity index (χ1v) is 9.73. The Kier molecular flexibility index (Phi) is 6.18. The molecule has 0 fully saturated rings. The van der Waals surface area contributed by atoms with Crippen LogP contribution in [-0.4, -0.2) is 27.9 Å². The monoisotopic (exact) mass is 386 g/mol. The van der Waals surface area contributed by atoms with Crippen LogP contribution in [0, 0.1) is 0 Å². The normalized spacial score (nSPS) is 11.0. The van der Waals surface area contributed by atoms with Crippen molar-refractivity contribution in [2.45, 2.75) is 39.5 Å². The number of nitrogens with one attached hydrogen (secondary N) is 1. The average Bonchev–Trinajstić information content (AvgIpc) is 3.32. The molecule has 3 rings (SSSR count). The number of carbonyl (C=O) groups is 1. The number of rotatable bonds is 8. The second-order valence-electron chi connectivity index (χ2n) is 6.36. The highest BCUT2D eigenvalue weighted by Gasteiger charge is 2.16. The zero-order valence-electron chi connectivity index (χ0n) is 15.6. The second-order valence-corrected chi connectivity index (χ2v) is 7.37. The minimum absolute atomic E-state index is 0.189. The Morgan fingerprint density at radius 3 is 2.70 bits per heavy atom. The van der Waals surface area contributed by atoms with Crippen LogP contribution in [0.3, 0.4) is 0 Å². The van der Waals surface area contributed by atoms with E-state index in [4.69, 9.17) is 9.26 Å². The van der Waals surface area contributed by atoms with Crippen molar-refractivity contribution in [1.29, 1.82) is 0 Å². The predicted octanol–water partition coefficient (Wildman–Crippen LogP) is 4.75. The van der Waals surface area contributed by atoms with Gasteiger partial charge in [0.05, 0.1) is 6.61 Å². The predicted molar refractivity (Wildman–Crippen MR) is 104 cm³/mol. The fourth-order valence-electron chi connectivity index (χ4n) is 2.25. The van der Waals surface area contributed by atoms with E-state index < -0.39 is 0 Å². The summed E-state index contributed by atoms with van der Waals surface area (Å²) in [6, 6.07) is 9.11. The molecule has 1 aromatic carbocycles. The number of benzene rings is 1. The summed E-state index contributed by atoms with van der Waals surface area (Å²) < 4.78 is 11.0. The number of carbonyl (C=O) groups excluding carboxylic acids is 1. The molecule has 0 bridgehead atoms. The van der Waals surface area contributed by atoms with Gasteiger partial charge in [-0.05, 0) is 30.7 Å². The largest absolute Gasteiger partial charge is 0.494 e. The maximum absolute atomic E-state index is 12.3. The number of hydrogen-bond acceptors (Lipinski definition) is 7. The molecule has 27 heavy (non-hydrogen) atoms. The molecule has 8 heteroatoms.